The molecule has 2 rings (SSSR count). The fourth-order valence-corrected chi connectivity index (χ4v) is 3.24. The van der Waals surface area contributed by atoms with Gasteiger partial charge in [0.2, 0.25) is 5.91 Å². The van der Waals surface area contributed by atoms with Crippen LogP contribution in [0.4, 0.5) is 0 Å². The van der Waals surface area contributed by atoms with Gasteiger partial charge >= 0.3 is 5.97 Å². The van der Waals surface area contributed by atoms with Gasteiger partial charge in [0.1, 0.15) is 6.04 Å². The number of likely N-dealkylation sites (tertiary alicyclic amines) is 1. The highest BCUT2D eigenvalue weighted by Gasteiger charge is 2.37. The average Bonchev–Trinajstić information content (AvgIpc) is 3.03. The first-order chi connectivity index (χ1) is 11.1. The molecule has 5 nitrogen and oxygen atoms in total. The summed E-state index contributed by atoms with van der Waals surface area (Å²) < 4.78 is 0. The van der Waals surface area contributed by atoms with E-state index in [0.29, 0.717) is 26.1 Å². The quantitative estimate of drug-likeness (QED) is 0.838. The van der Waals surface area contributed by atoms with Crippen LogP contribution < -0.4 is 0 Å². The lowest BCUT2D eigenvalue weighted by Gasteiger charge is -2.32. The van der Waals surface area contributed by atoms with Gasteiger partial charge in [-0.2, -0.15) is 0 Å². The molecule has 1 N–H and O–H groups in total. The normalized spacial score (nSPS) is 19.5. The molecule has 2 atom stereocenters. The summed E-state index contributed by atoms with van der Waals surface area (Å²) in [5, 5.41) is 9.24. The second-order valence-corrected chi connectivity index (χ2v) is 6.05. The van der Waals surface area contributed by atoms with E-state index in [0.717, 1.165) is 18.5 Å². The zero-order chi connectivity index (χ0) is 16.8. The second kappa shape index (κ2) is 8.11. The number of carboxylic acid groups (broad SMARTS) is 1. The summed E-state index contributed by atoms with van der Waals surface area (Å²) in [5.74, 6) is -1.07. The molecule has 1 heterocycles. The van der Waals surface area contributed by atoms with Gasteiger partial charge in [0.25, 0.3) is 0 Å². The highest BCUT2D eigenvalue weighted by atomic mass is 16.4. The number of carbonyl (C=O) groups excluding carboxylic acids is 1. The Hall–Kier alpha value is -1.88. The topological polar surface area (TPSA) is 60.9 Å². The summed E-state index contributed by atoms with van der Waals surface area (Å²) >= 11 is 0. The molecule has 23 heavy (non-hydrogen) atoms. The maximum atomic E-state index is 13.1. The van der Waals surface area contributed by atoms with Crippen molar-refractivity contribution in [3.8, 4) is 0 Å². The molecule has 126 valence electrons. The van der Waals surface area contributed by atoms with Crippen molar-refractivity contribution in [1.82, 2.24) is 9.80 Å². The summed E-state index contributed by atoms with van der Waals surface area (Å²) in [7, 11) is 0. The van der Waals surface area contributed by atoms with Gasteiger partial charge in [-0.15, -0.1) is 0 Å². The number of hydrogen-bond donors (Lipinski definition) is 1. The van der Waals surface area contributed by atoms with Crippen LogP contribution in [-0.4, -0.2) is 53.0 Å². The van der Waals surface area contributed by atoms with E-state index in [2.05, 4.69) is 6.92 Å². The van der Waals surface area contributed by atoms with E-state index in [1.165, 1.54) is 0 Å². The van der Waals surface area contributed by atoms with Crippen molar-refractivity contribution in [3.05, 3.63) is 35.9 Å². The number of rotatable bonds is 7. The summed E-state index contributed by atoms with van der Waals surface area (Å²) in [6, 6.07) is 9.31. The van der Waals surface area contributed by atoms with Gasteiger partial charge in [0.05, 0.1) is 5.92 Å². The standard InChI is InChI=1S/C18H26N2O3/c1-3-11-19(4-2)17(21)16(14-8-6-5-7-9-14)20-12-10-15(13-20)18(22)23/h5-9,15-16H,3-4,10-13H2,1-2H3,(H,22,23). The van der Waals surface area contributed by atoms with Gasteiger partial charge in [0.15, 0.2) is 0 Å². The zero-order valence-corrected chi connectivity index (χ0v) is 13.9. The Balaban J connectivity index is 2.26. The molecule has 2 unspecified atom stereocenters. The minimum absolute atomic E-state index is 0.0755. The monoisotopic (exact) mass is 318 g/mol. The number of amides is 1. The van der Waals surface area contributed by atoms with Gasteiger partial charge in [-0.05, 0) is 25.3 Å². The summed E-state index contributed by atoms with van der Waals surface area (Å²) in [6.45, 7) is 6.53. The van der Waals surface area contributed by atoms with E-state index >= 15 is 0 Å². The van der Waals surface area contributed by atoms with Crippen LogP contribution in [0, 0.1) is 5.92 Å². The van der Waals surface area contributed by atoms with E-state index in [9.17, 15) is 14.7 Å². The third kappa shape index (κ3) is 4.10. The molecule has 0 aromatic heterocycles. The molecule has 0 bridgehead atoms. The van der Waals surface area contributed by atoms with Crippen LogP contribution in [0.5, 0.6) is 0 Å². The Morgan fingerprint density at radius 1 is 1.30 bits per heavy atom. The molecule has 1 aliphatic heterocycles. The Labute approximate surface area is 137 Å². The van der Waals surface area contributed by atoms with Crippen molar-refractivity contribution >= 4 is 11.9 Å². The number of carbonyl (C=O) groups is 2. The van der Waals surface area contributed by atoms with Crippen molar-refractivity contribution in [2.45, 2.75) is 32.7 Å². The van der Waals surface area contributed by atoms with E-state index in [4.69, 9.17) is 0 Å². The number of carboxylic acids is 1. The molecule has 0 aliphatic carbocycles. The van der Waals surface area contributed by atoms with Crippen LogP contribution in [-0.2, 0) is 9.59 Å². The lowest BCUT2D eigenvalue weighted by molar-refractivity contribution is -0.142. The first-order valence-corrected chi connectivity index (χ1v) is 8.39. The third-order valence-corrected chi connectivity index (χ3v) is 4.47. The van der Waals surface area contributed by atoms with Gasteiger partial charge in [-0.25, -0.2) is 0 Å². The smallest absolute Gasteiger partial charge is 0.307 e. The Bertz CT molecular complexity index is 532. The summed E-state index contributed by atoms with van der Waals surface area (Å²) in [6.07, 6.45) is 1.52. The molecular formula is C18H26N2O3. The van der Waals surface area contributed by atoms with Crippen molar-refractivity contribution in [3.63, 3.8) is 0 Å². The number of hydrogen-bond acceptors (Lipinski definition) is 3. The van der Waals surface area contributed by atoms with Crippen molar-refractivity contribution in [2.24, 2.45) is 5.92 Å². The predicted molar refractivity (Wildman–Crippen MR) is 89.0 cm³/mol. The van der Waals surface area contributed by atoms with E-state index < -0.39 is 5.97 Å². The van der Waals surface area contributed by atoms with Crippen LogP contribution in [0.3, 0.4) is 0 Å². The molecule has 1 amide bonds. The summed E-state index contributed by atoms with van der Waals surface area (Å²) in [4.78, 5) is 28.2. The number of benzene rings is 1. The molecular weight excluding hydrogens is 292 g/mol. The highest BCUT2D eigenvalue weighted by Crippen LogP contribution is 2.29. The number of aliphatic carboxylic acids is 1. The minimum Gasteiger partial charge on any atom is -0.481 e. The van der Waals surface area contributed by atoms with Crippen molar-refractivity contribution in [2.75, 3.05) is 26.2 Å². The molecule has 5 heteroatoms. The zero-order valence-electron chi connectivity index (χ0n) is 13.9. The molecule has 0 saturated carbocycles. The molecule has 0 spiro atoms. The van der Waals surface area contributed by atoms with Crippen LogP contribution in [0.1, 0.15) is 38.3 Å². The van der Waals surface area contributed by atoms with E-state index in [1.54, 1.807) is 0 Å². The average molecular weight is 318 g/mol. The molecule has 1 aromatic carbocycles. The van der Waals surface area contributed by atoms with E-state index in [1.807, 2.05) is 47.1 Å². The lowest BCUT2D eigenvalue weighted by atomic mass is 10.0. The maximum Gasteiger partial charge on any atom is 0.307 e. The van der Waals surface area contributed by atoms with Crippen molar-refractivity contribution in [1.29, 1.82) is 0 Å². The van der Waals surface area contributed by atoms with Crippen LogP contribution in [0.15, 0.2) is 30.3 Å². The van der Waals surface area contributed by atoms with Crippen molar-refractivity contribution < 1.29 is 14.7 Å². The maximum absolute atomic E-state index is 13.1. The SMILES string of the molecule is CCCN(CC)C(=O)C(c1ccccc1)N1CCC(C(=O)O)C1. The lowest BCUT2D eigenvalue weighted by Crippen LogP contribution is -2.43. The molecule has 1 saturated heterocycles. The van der Waals surface area contributed by atoms with Crippen LogP contribution in [0.2, 0.25) is 0 Å². The van der Waals surface area contributed by atoms with Gasteiger partial charge in [-0.1, -0.05) is 37.3 Å². The fourth-order valence-electron chi connectivity index (χ4n) is 3.24. The number of nitrogens with zero attached hydrogens (tertiary/aromatic N) is 2. The molecule has 1 fully saturated rings. The summed E-state index contributed by atoms with van der Waals surface area (Å²) in [5.41, 5.74) is 0.943. The Morgan fingerprint density at radius 3 is 2.52 bits per heavy atom. The molecule has 0 radical (unpaired) electrons. The Kier molecular flexibility index (Phi) is 6.16. The minimum atomic E-state index is -0.771. The van der Waals surface area contributed by atoms with Gasteiger partial charge in [0, 0.05) is 26.2 Å². The highest BCUT2D eigenvalue weighted by molar-refractivity contribution is 5.83. The second-order valence-electron chi connectivity index (χ2n) is 6.05. The number of likely N-dealkylation sites (N-methyl/N-ethyl adjacent to an activating group) is 1. The van der Waals surface area contributed by atoms with Crippen LogP contribution in [0.25, 0.3) is 0 Å². The molecule has 1 aliphatic rings. The first kappa shape index (κ1) is 17.5. The van der Waals surface area contributed by atoms with Gasteiger partial charge < -0.3 is 10.0 Å². The fraction of sp³-hybridized carbons (Fsp3) is 0.556. The van der Waals surface area contributed by atoms with Crippen LogP contribution >= 0.6 is 0 Å². The largest absolute Gasteiger partial charge is 0.481 e. The van der Waals surface area contributed by atoms with Gasteiger partial charge in [-0.3, -0.25) is 14.5 Å². The Morgan fingerprint density at radius 2 is 2.00 bits per heavy atom. The molecule has 1 aromatic rings. The van der Waals surface area contributed by atoms with E-state index in [-0.39, 0.29) is 17.9 Å². The third-order valence-electron chi connectivity index (χ3n) is 4.47. The predicted octanol–water partition coefficient (Wildman–Crippen LogP) is 2.39. The first-order valence-electron chi connectivity index (χ1n) is 8.39.